The quantitative estimate of drug-likeness (QED) is 0.242. The highest BCUT2D eigenvalue weighted by molar-refractivity contribution is 5.72. The van der Waals surface area contributed by atoms with Gasteiger partial charge in [-0.3, -0.25) is 9.59 Å². The monoisotopic (exact) mass is 326 g/mol. The molecule has 0 aliphatic rings. The van der Waals surface area contributed by atoms with Gasteiger partial charge in [0.2, 0.25) is 0 Å². The highest BCUT2D eigenvalue weighted by Gasteiger charge is 2.07. The Balaban J connectivity index is 3.38. The fraction of sp³-hybridized carbons (Fsp3) is 0.789. The summed E-state index contributed by atoms with van der Waals surface area (Å²) in [6, 6.07) is 0. The van der Waals surface area contributed by atoms with Crippen molar-refractivity contribution in [3.63, 3.8) is 0 Å². The summed E-state index contributed by atoms with van der Waals surface area (Å²) in [4.78, 5) is 23.0. The SMILES string of the molecule is CC/C=C\CCOC(=O)CCCC(=O)OCCCCCCCC. The van der Waals surface area contributed by atoms with Gasteiger partial charge >= 0.3 is 11.9 Å². The number of rotatable bonds is 15. The van der Waals surface area contributed by atoms with Crippen molar-refractivity contribution in [2.24, 2.45) is 0 Å². The molecule has 0 heterocycles. The van der Waals surface area contributed by atoms with Crippen molar-refractivity contribution in [3.8, 4) is 0 Å². The molecule has 0 fully saturated rings. The van der Waals surface area contributed by atoms with Crippen molar-refractivity contribution in [3.05, 3.63) is 12.2 Å². The molecule has 0 aromatic heterocycles. The molecule has 0 radical (unpaired) electrons. The van der Waals surface area contributed by atoms with Gasteiger partial charge in [-0.05, 0) is 25.7 Å². The van der Waals surface area contributed by atoms with Crippen LogP contribution in [0, 0.1) is 0 Å². The summed E-state index contributed by atoms with van der Waals surface area (Å²) in [7, 11) is 0. The average Bonchev–Trinajstić information content (AvgIpc) is 2.54. The minimum absolute atomic E-state index is 0.211. The summed E-state index contributed by atoms with van der Waals surface area (Å²) in [5, 5.41) is 0. The van der Waals surface area contributed by atoms with Gasteiger partial charge in [-0.1, -0.05) is 58.1 Å². The second-order valence-corrected chi connectivity index (χ2v) is 5.73. The smallest absolute Gasteiger partial charge is 0.305 e. The van der Waals surface area contributed by atoms with E-state index in [9.17, 15) is 9.59 Å². The van der Waals surface area contributed by atoms with Crippen LogP contribution in [0.3, 0.4) is 0 Å². The summed E-state index contributed by atoms with van der Waals surface area (Å²) < 4.78 is 10.2. The fourth-order valence-electron chi connectivity index (χ4n) is 2.12. The third-order valence-corrected chi connectivity index (χ3v) is 3.47. The number of esters is 2. The Morgan fingerprint density at radius 2 is 1.35 bits per heavy atom. The minimum Gasteiger partial charge on any atom is -0.466 e. The van der Waals surface area contributed by atoms with Crippen LogP contribution in [0.4, 0.5) is 0 Å². The van der Waals surface area contributed by atoms with Crippen molar-refractivity contribution < 1.29 is 19.1 Å². The first-order chi connectivity index (χ1) is 11.2. The molecular weight excluding hydrogens is 292 g/mol. The normalized spacial score (nSPS) is 10.9. The molecule has 23 heavy (non-hydrogen) atoms. The minimum atomic E-state index is -0.237. The van der Waals surface area contributed by atoms with Gasteiger partial charge in [-0.25, -0.2) is 0 Å². The van der Waals surface area contributed by atoms with E-state index in [4.69, 9.17) is 9.47 Å². The molecule has 0 aromatic rings. The summed E-state index contributed by atoms with van der Waals surface area (Å²) in [5.41, 5.74) is 0. The van der Waals surface area contributed by atoms with E-state index in [0.29, 0.717) is 26.1 Å². The lowest BCUT2D eigenvalue weighted by molar-refractivity contribution is -0.145. The van der Waals surface area contributed by atoms with Crippen LogP contribution in [-0.2, 0) is 19.1 Å². The van der Waals surface area contributed by atoms with Crippen molar-refractivity contribution in [2.75, 3.05) is 13.2 Å². The van der Waals surface area contributed by atoms with E-state index >= 15 is 0 Å². The van der Waals surface area contributed by atoms with E-state index in [2.05, 4.69) is 13.8 Å². The Morgan fingerprint density at radius 1 is 0.739 bits per heavy atom. The Bertz CT molecular complexity index is 323. The Morgan fingerprint density at radius 3 is 2.00 bits per heavy atom. The van der Waals surface area contributed by atoms with Gasteiger partial charge in [-0.2, -0.15) is 0 Å². The lowest BCUT2D eigenvalue weighted by Gasteiger charge is -2.05. The summed E-state index contributed by atoms with van der Waals surface area (Å²) in [6.45, 7) is 5.17. The first-order valence-electron chi connectivity index (χ1n) is 9.16. The van der Waals surface area contributed by atoms with E-state index in [1.54, 1.807) is 0 Å². The second kappa shape index (κ2) is 17.0. The van der Waals surface area contributed by atoms with E-state index in [1.807, 2.05) is 12.2 Å². The van der Waals surface area contributed by atoms with E-state index in [-0.39, 0.29) is 18.4 Å². The van der Waals surface area contributed by atoms with Gasteiger partial charge in [0.25, 0.3) is 0 Å². The van der Waals surface area contributed by atoms with Gasteiger partial charge in [0.15, 0.2) is 0 Å². The molecule has 0 atom stereocenters. The van der Waals surface area contributed by atoms with Crippen molar-refractivity contribution >= 4 is 11.9 Å². The first kappa shape index (κ1) is 21.7. The highest BCUT2D eigenvalue weighted by atomic mass is 16.5. The number of unbranched alkanes of at least 4 members (excludes halogenated alkanes) is 5. The van der Waals surface area contributed by atoms with Crippen molar-refractivity contribution in [1.29, 1.82) is 0 Å². The van der Waals surface area contributed by atoms with Gasteiger partial charge in [0, 0.05) is 12.8 Å². The third kappa shape index (κ3) is 16.9. The summed E-state index contributed by atoms with van der Waals surface area (Å²) in [5.74, 6) is -0.448. The van der Waals surface area contributed by atoms with Gasteiger partial charge in [0.1, 0.15) is 0 Å². The van der Waals surface area contributed by atoms with Crippen LogP contribution in [0.25, 0.3) is 0 Å². The summed E-state index contributed by atoms with van der Waals surface area (Å²) in [6.07, 6.45) is 13.9. The number of ether oxygens (including phenoxy) is 2. The maximum Gasteiger partial charge on any atom is 0.305 e. The van der Waals surface area contributed by atoms with Gasteiger partial charge < -0.3 is 9.47 Å². The predicted molar refractivity (Wildman–Crippen MR) is 93.2 cm³/mol. The number of hydrogen-bond acceptors (Lipinski definition) is 4. The molecule has 0 aliphatic carbocycles. The molecule has 0 amide bonds. The number of carbonyl (C=O) groups is 2. The molecule has 0 spiro atoms. The molecule has 0 rings (SSSR count). The van der Waals surface area contributed by atoms with Crippen LogP contribution in [0.1, 0.15) is 84.5 Å². The Hall–Kier alpha value is -1.32. The number of carbonyl (C=O) groups excluding carboxylic acids is 2. The average molecular weight is 326 g/mol. The topological polar surface area (TPSA) is 52.6 Å². The second-order valence-electron chi connectivity index (χ2n) is 5.73. The molecule has 0 unspecified atom stereocenters. The van der Waals surface area contributed by atoms with Crippen molar-refractivity contribution in [1.82, 2.24) is 0 Å². The van der Waals surface area contributed by atoms with E-state index < -0.39 is 0 Å². The van der Waals surface area contributed by atoms with E-state index in [0.717, 1.165) is 25.7 Å². The molecule has 0 bridgehead atoms. The Kier molecular flexibility index (Phi) is 16.1. The standard InChI is InChI=1S/C19H34O4/c1-3-5-7-9-10-12-17-23-19(21)15-13-14-18(20)22-16-11-8-6-4-2/h6,8H,3-5,7,9-17H2,1-2H3/b8-6-. The van der Waals surface area contributed by atoms with Crippen LogP contribution in [0.2, 0.25) is 0 Å². The maximum atomic E-state index is 11.5. The molecule has 0 N–H and O–H groups in total. The Labute approximate surface area is 141 Å². The zero-order valence-electron chi connectivity index (χ0n) is 15.0. The molecule has 134 valence electrons. The van der Waals surface area contributed by atoms with Crippen LogP contribution < -0.4 is 0 Å². The van der Waals surface area contributed by atoms with Crippen LogP contribution in [-0.4, -0.2) is 25.2 Å². The predicted octanol–water partition coefficient (Wildman–Crippen LogP) is 4.96. The number of hydrogen-bond donors (Lipinski definition) is 0. The van der Waals surface area contributed by atoms with E-state index in [1.165, 1.54) is 25.7 Å². The lowest BCUT2D eigenvalue weighted by atomic mass is 10.1. The molecule has 0 aromatic carbocycles. The van der Waals surface area contributed by atoms with Crippen LogP contribution >= 0.6 is 0 Å². The third-order valence-electron chi connectivity index (χ3n) is 3.47. The molecular formula is C19H34O4. The first-order valence-corrected chi connectivity index (χ1v) is 9.16. The van der Waals surface area contributed by atoms with Gasteiger partial charge in [-0.15, -0.1) is 0 Å². The molecule has 0 saturated heterocycles. The number of allylic oxidation sites excluding steroid dienone is 1. The molecule has 4 heteroatoms. The zero-order chi connectivity index (χ0) is 17.2. The van der Waals surface area contributed by atoms with Gasteiger partial charge in [0.05, 0.1) is 13.2 Å². The lowest BCUT2D eigenvalue weighted by Crippen LogP contribution is -2.09. The fourth-order valence-corrected chi connectivity index (χ4v) is 2.12. The van der Waals surface area contributed by atoms with Crippen molar-refractivity contribution in [2.45, 2.75) is 84.5 Å². The molecule has 0 aliphatic heterocycles. The van der Waals surface area contributed by atoms with Crippen LogP contribution in [0.15, 0.2) is 12.2 Å². The summed E-state index contributed by atoms with van der Waals surface area (Å²) >= 11 is 0. The molecule has 4 nitrogen and oxygen atoms in total. The largest absolute Gasteiger partial charge is 0.466 e. The zero-order valence-corrected chi connectivity index (χ0v) is 15.0. The maximum absolute atomic E-state index is 11.5. The highest BCUT2D eigenvalue weighted by Crippen LogP contribution is 2.06. The van der Waals surface area contributed by atoms with Crippen LogP contribution in [0.5, 0.6) is 0 Å². The molecule has 0 saturated carbocycles.